The van der Waals surface area contributed by atoms with Gasteiger partial charge in [0.25, 0.3) is 5.91 Å². The molecule has 5 nitrogen and oxygen atoms in total. The maximum absolute atomic E-state index is 11.9. The summed E-state index contributed by atoms with van der Waals surface area (Å²) in [6.45, 7) is 6.20. The summed E-state index contributed by atoms with van der Waals surface area (Å²) >= 11 is 0. The Labute approximate surface area is 113 Å². The number of nitrogens with two attached hydrogens (primary N) is 1. The highest BCUT2D eigenvalue weighted by molar-refractivity contribution is 5.92. The van der Waals surface area contributed by atoms with E-state index in [1.165, 1.54) is 0 Å². The quantitative estimate of drug-likeness (QED) is 0.760. The first kappa shape index (κ1) is 15.0. The van der Waals surface area contributed by atoms with Crippen LogP contribution in [0.3, 0.4) is 0 Å². The molecular formula is C12H21ClN4O. The van der Waals surface area contributed by atoms with Gasteiger partial charge in [-0.2, -0.15) is 5.10 Å². The molecular weight excluding hydrogens is 252 g/mol. The molecule has 1 aliphatic carbocycles. The van der Waals surface area contributed by atoms with Crippen LogP contribution in [0.25, 0.3) is 0 Å². The van der Waals surface area contributed by atoms with Crippen LogP contribution >= 0.6 is 12.4 Å². The Morgan fingerprint density at radius 2 is 2.11 bits per heavy atom. The standard InChI is InChI=1S/C12H20N4O.ClH/c1-12(2,3)10-6-9(15-16-10)11(17)14-8-4-7(13)5-8;/h6-8H,4-5,13H2,1-3H3,(H,14,17)(H,15,16);1H. The molecule has 0 saturated heterocycles. The van der Waals surface area contributed by atoms with Crippen molar-refractivity contribution in [2.24, 2.45) is 5.73 Å². The van der Waals surface area contributed by atoms with Crippen molar-refractivity contribution < 1.29 is 4.79 Å². The molecule has 1 amide bonds. The van der Waals surface area contributed by atoms with E-state index in [-0.39, 0.29) is 35.8 Å². The Balaban J connectivity index is 0.00000162. The lowest BCUT2D eigenvalue weighted by atomic mass is 9.87. The molecule has 1 aromatic heterocycles. The van der Waals surface area contributed by atoms with Crippen LogP contribution in [0.4, 0.5) is 0 Å². The van der Waals surface area contributed by atoms with Crippen LogP contribution in [-0.4, -0.2) is 28.2 Å². The number of nitrogens with one attached hydrogen (secondary N) is 2. The van der Waals surface area contributed by atoms with Crippen LogP contribution in [0, 0.1) is 0 Å². The van der Waals surface area contributed by atoms with Crippen molar-refractivity contribution in [1.29, 1.82) is 0 Å². The number of carbonyl (C=O) groups excluding carboxylic acids is 1. The molecule has 18 heavy (non-hydrogen) atoms. The van der Waals surface area contributed by atoms with Gasteiger partial charge < -0.3 is 11.1 Å². The minimum atomic E-state index is -0.0927. The highest BCUT2D eigenvalue weighted by Crippen LogP contribution is 2.21. The molecule has 1 aliphatic rings. The van der Waals surface area contributed by atoms with E-state index >= 15 is 0 Å². The fourth-order valence-corrected chi connectivity index (χ4v) is 1.87. The maximum atomic E-state index is 11.9. The number of aromatic amines is 1. The first-order valence-corrected chi connectivity index (χ1v) is 5.98. The van der Waals surface area contributed by atoms with E-state index in [0.717, 1.165) is 18.5 Å². The van der Waals surface area contributed by atoms with Crippen LogP contribution in [0.15, 0.2) is 6.07 Å². The summed E-state index contributed by atoms with van der Waals surface area (Å²) in [5.74, 6) is -0.0927. The second kappa shape index (κ2) is 5.28. The van der Waals surface area contributed by atoms with Gasteiger partial charge in [-0.05, 0) is 18.9 Å². The minimum Gasteiger partial charge on any atom is -0.348 e. The first-order valence-electron chi connectivity index (χ1n) is 5.98. The van der Waals surface area contributed by atoms with Crippen LogP contribution < -0.4 is 11.1 Å². The Kier molecular flexibility index (Phi) is 4.40. The molecule has 1 heterocycles. The van der Waals surface area contributed by atoms with Gasteiger partial charge in [0, 0.05) is 17.5 Å². The second-order valence-corrected chi connectivity index (χ2v) is 5.82. The van der Waals surface area contributed by atoms with Crippen molar-refractivity contribution in [3.8, 4) is 0 Å². The normalized spacial score (nSPS) is 22.9. The number of halogens is 1. The minimum absolute atomic E-state index is 0. The summed E-state index contributed by atoms with van der Waals surface area (Å²) in [5, 5.41) is 9.89. The van der Waals surface area contributed by atoms with E-state index in [2.05, 4.69) is 36.3 Å². The van der Waals surface area contributed by atoms with E-state index in [1.54, 1.807) is 0 Å². The van der Waals surface area contributed by atoms with Crippen molar-refractivity contribution in [3.05, 3.63) is 17.5 Å². The number of rotatable bonds is 2. The topological polar surface area (TPSA) is 83.8 Å². The zero-order chi connectivity index (χ0) is 12.6. The predicted molar refractivity (Wildman–Crippen MR) is 73.0 cm³/mol. The smallest absolute Gasteiger partial charge is 0.269 e. The monoisotopic (exact) mass is 272 g/mol. The first-order chi connectivity index (χ1) is 7.86. The van der Waals surface area contributed by atoms with Gasteiger partial charge in [0.15, 0.2) is 0 Å². The van der Waals surface area contributed by atoms with Gasteiger partial charge in [0.1, 0.15) is 5.69 Å². The molecule has 2 rings (SSSR count). The lowest BCUT2D eigenvalue weighted by molar-refractivity contribution is 0.0905. The number of amides is 1. The van der Waals surface area contributed by atoms with Crippen molar-refractivity contribution in [3.63, 3.8) is 0 Å². The van der Waals surface area contributed by atoms with Gasteiger partial charge in [0.2, 0.25) is 0 Å². The highest BCUT2D eigenvalue weighted by atomic mass is 35.5. The molecule has 0 bridgehead atoms. The number of H-pyrrole nitrogens is 1. The number of aromatic nitrogens is 2. The fraction of sp³-hybridized carbons (Fsp3) is 0.667. The number of carbonyl (C=O) groups is 1. The largest absolute Gasteiger partial charge is 0.348 e. The molecule has 6 heteroatoms. The third kappa shape index (κ3) is 3.23. The molecule has 0 aromatic carbocycles. The van der Waals surface area contributed by atoms with E-state index < -0.39 is 0 Å². The fourth-order valence-electron chi connectivity index (χ4n) is 1.87. The van der Waals surface area contributed by atoms with Gasteiger partial charge in [-0.1, -0.05) is 20.8 Å². The Bertz CT molecular complexity index is 418. The molecule has 0 atom stereocenters. The lowest BCUT2D eigenvalue weighted by Gasteiger charge is -2.32. The second-order valence-electron chi connectivity index (χ2n) is 5.82. The molecule has 0 aliphatic heterocycles. The van der Waals surface area contributed by atoms with E-state index in [4.69, 9.17) is 5.73 Å². The molecule has 1 aromatic rings. The van der Waals surface area contributed by atoms with Gasteiger partial charge >= 0.3 is 0 Å². The average Bonchev–Trinajstić information content (AvgIpc) is 2.63. The molecule has 0 radical (unpaired) electrons. The van der Waals surface area contributed by atoms with Crippen LogP contribution in [0.5, 0.6) is 0 Å². The highest BCUT2D eigenvalue weighted by Gasteiger charge is 2.28. The molecule has 0 unspecified atom stereocenters. The molecule has 0 spiro atoms. The van der Waals surface area contributed by atoms with Gasteiger partial charge in [-0.15, -0.1) is 12.4 Å². The van der Waals surface area contributed by atoms with Crippen LogP contribution in [0.1, 0.15) is 49.8 Å². The summed E-state index contributed by atoms with van der Waals surface area (Å²) in [6, 6.07) is 2.28. The molecule has 102 valence electrons. The lowest BCUT2D eigenvalue weighted by Crippen LogP contribution is -2.50. The summed E-state index contributed by atoms with van der Waals surface area (Å²) < 4.78 is 0. The van der Waals surface area contributed by atoms with Crippen molar-refractivity contribution in [2.75, 3.05) is 0 Å². The summed E-state index contributed by atoms with van der Waals surface area (Å²) in [4.78, 5) is 11.9. The van der Waals surface area contributed by atoms with Crippen molar-refractivity contribution >= 4 is 18.3 Å². The van der Waals surface area contributed by atoms with Gasteiger partial charge in [-0.3, -0.25) is 9.89 Å². The van der Waals surface area contributed by atoms with Crippen LogP contribution in [0.2, 0.25) is 0 Å². The summed E-state index contributed by atoms with van der Waals surface area (Å²) in [7, 11) is 0. The number of hydrogen-bond donors (Lipinski definition) is 3. The average molecular weight is 273 g/mol. The third-order valence-electron chi connectivity index (χ3n) is 3.10. The Morgan fingerprint density at radius 3 is 2.56 bits per heavy atom. The van der Waals surface area contributed by atoms with Gasteiger partial charge in [0.05, 0.1) is 5.69 Å². The summed E-state index contributed by atoms with van der Waals surface area (Å²) in [5.41, 5.74) is 7.05. The Hall–Kier alpha value is -1.07. The number of hydrogen-bond acceptors (Lipinski definition) is 3. The van der Waals surface area contributed by atoms with E-state index in [0.29, 0.717) is 5.69 Å². The van der Waals surface area contributed by atoms with E-state index in [9.17, 15) is 4.79 Å². The predicted octanol–water partition coefficient (Wildman–Crippen LogP) is 1.35. The van der Waals surface area contributed by atoms with Gasteiger partial charge in [-0.25, -0.2) is 0 Å². The van der Waals surface area contributed by atoms with Crippen LogP contribution in [-0.2, 0) is 5.41 Å². The zero-order valence-electron chi connectivity index (χ0n) is 11.0. The Morgan fingerprint density at radius 1 is 1.50 bits per heavy atom. The third-order valence-corrected chi connectivity index (χ3v) is 3.10. The SMILES string of the molecule is CC(C)(C)c1cc(C(=O)NC2CC(N)C2)[nH]n1.Cl. The molecule has 4 N–H and O–H groups in total. The molecule has 1 saturated carbocycles. The summed E-state index contributed by atoms with van der Waals surface area (Å²) in [6.07, 6.45) is 1.73. The number of nitrogens with zero attached hydrogens (tertiary/aromatic N) is 1. The molecule has 1 fully saturated rings. The van der Waals surface area contributed by atoms with E-state index in [1.807, 2.05) is 6.07 Å². The maximum Gasteiger partial charge on any atom is 0.269 e. The van der Waals surface area contributed by atoms with Crippen molar-refractivity contribution in [1.82, 2.24) is 15.5 Å². The van der Waals surface area contributed by atoms with Crippen molar-refractivity contribution in [2.45, 2.75) is 51.1 Å². The zero-order valence-corrected chi connectivity index (χ0v) is 11.8.